The van der Waals surface area contributed by atoms with Crippen LogP contribution in [0.2, 0.25) is 0 Å². The van der Waals surface area contributed by atoms with E-state index in [1.807, 2.05) is 0 Å². The molecule has 1 unspecified atom stereocenters. The Morgan fingerprint density at radius 3 is 2.91 bits per heavy atom. The van der Waals surface area contributed by atoms with Gasteiger partial charge in [-0.15, -0.1) is 0 Å². The molecule has 7 nitrogen and oxygen atoms in total. The van der Waals surface area contributed by atoms with E-state index in [4.69, 9.17) is 4.52 Å². The van der Waals surface area contributed by atoms with Crippen LogP contribution in [-0.2, 0) is 21.2 Å². The third-order valence-electron chi connectivity index (χ3n) is 3.81. The standard InChI is InChI=1S/C14H23N3O4S/c1-11-9-13(21-16-11)10-14(18)15-7-6-12-5-3-4-8-17(12)22(2,19)20/h9,12H,3-8,10H2,1-2H3,(H,15,18). The topological polar surface area (TPSA) is 92.5 Å². The molecular weight excluding hydrogens is 306 g/mol. The van der Waals surface area contributed by atoms with Crippen LogP contribution in [0.25, 0.3) is 0 Å². The van der Waals surface area contributed by atoms with Crippen LogP contribution in [0.1, 0.15) is 37.1 Å². The monoisotopic (exact) mass is 329 g/mol. The smallest absolute Gasteiger partial charge is 0.227 e. The van der Waals surface area contributed by atoms with E-state index in [0.29, 0.717) is 25.3 Å². The Hall–Kier alpha value is -1.41. The van der Waals surface area contributed by atoms with Crippen LogP contribution in [0.3, 0.4) is 0 Å². The van der Waals surface area contributed by atoms with Gasteiger partial charge in [-0.1, -0.05) is 11.6 Å². The van der Waals surface area contributed by atoms with Gasteiger partial charge in [-0.2, -0.15) is 4.31 Å². The molecular formula is C14H23N3O4S. The molecule has 1 fully saturated rings. The van der Waals surface area contributed by atoms with Crippen LogP contribution in [-0.4, -0.2) is 49.2 Å². The van der Waals surface area contributed by atoms with Gasteiger partial charge in [0.2, 0.25) is 15.9 Å². The van der Waals surface area contributed by atoms with Gasteiger partial charge in [0.05, 0.1) is 18.4 Å². The molecule has 1 amide bonds. The highest BCUT2D eigenvalue weighted by Gasteiger charge is 2.28. The molecule has 0 spiro atoms. The van der Waals surface area contributed by atoms with E-state index in [-0.39, 0.29) is 18.4 Å². The fraction of sp³-hybridized carbons (Fsp3) is 0.714. The molecule has 1 aliphatic heterocycles. The summed E-state index contributed by atoms with van der Waals surface area (Å²) in [6.45, 7) is 2.84. The molecule has 1 saturated heterocycles. The lowest BCUT2D eigenvalue weighted by Gasteiger charge is -2.33. The van der Waals surface area contributed by atoms with E-state index in [9.17, 15) is 13.2 Å². The molecule has 0 aromatic carbocycles. The molecule has 0 aliphatic carbocycles. The number of hydrogen-bond donors (Lipinski definition) is 1. The molecule has 8 heteroatoms. The number of piperidine rings is 1. The van der Waals surface area contributed by atoms with Gasteiger partial charge in [0.1, 0.15) is 5.76 Å². The zero-order valence-electron chi connectivity index (χ0n) is 13.0. The number of sulfonamides is 1. The van der Waals surface area contributed by atoms with Crippen LogP contribution >= 0.6 is 0 Å². The van der Waals surface area contributed by atoms with E-state index >= 15 is 0 Å². The molecule has 1 aromatic heterocycles. The summed E-state index contributed by atoms with van der Waals surface area (Å²) < 4.78 is 30.1. The molecule has 1 aromatic rings. The molecule has 2 heterocycles. The lowest BCUT2D eigenvalue weighted by molar-refractivity contribution is -0.120. The molecule has 22 heavy (non-hydrogen) atoms. The van der Waals surface area contributed by atoms with Gasteiger partial charge in [0, 0.05) is 25.2 Å². The number of aryl methyl sites for hydroxylation is 1. The summed E-state index contributed by atoms with van der Waals surface area (Å²) in [7, 11) is -3.17. The number of nitrogens with zero attached hydrogens (tertiary/aromatic N) is 2. The Morgan fingerprint density at radius 1 is 1.50 bits per heavy atom. The molecule has 0 radical (unpaired) electrons. The SMILES string of the molecule is Cc1cc(CC(=O)NCCC2CCCCN2S(C)(=O)=O)on1. The maximum Gasteiger partial charge on any atom is 0.227 e. The van der Waals surface area contributed by atoms with Crippen LogP contribution in [0.4, 0.5) is 0 Å². The predicted octanol–water partition coefficient (Wildman–Crippen LogP) is 0.846. The van der Waals surface area contributed by atoms with Crippen molar-refractivity contribution < 1.29 is 17.7 Å². The van der Waals surface area contributed by atoms with Crippen LogP contribution in [0, 0.1) is 6.92 Å². The Kier molecular flexibility index (Phi) is 5.57. The second-order valence-electron chi connectivity index (χ2n) is 5.77. The first-order valence-corrected chi connectivity index (χ1v) is 9.37. The minimum Gasteiger partial charge on any atom is -0.361 e. The van der Waals surface area contributed by atoms with Crippen molar-refractivity contribution in [2.24, 2.45) is 0 Å². The van der Waals surface area contributed by atoms with Gasteiger partial charge in [0.15, 0.2) is 0 Å². The largest absolute Gasteiger partial charge is 0.361 e. The van der Waals surface area contributed by atoms with E-state index < -0.39 is 10.0 Å². The molecule has 1 N–H and O–H groups in total. The fourth-order valence-corrected chi connectivity index (χ4v) is 4.01. The zero-order valence-corrected chi connectivity index (χ0v) is 13.9. The summed E-state index contributed by atoms with van der Waals surface area (Å²) in [5.74, 6) is 0.392. The van der Waals surface area contributed by atoms with Crippen LogP contribution in [0.5, 0.6) is 0 Å². The van der Waals surface area contributed by atoms with Crippen molar-refractivity contribution >= 4 is 15.9 Å². The number of nitrogens with one attached hydrogen (secondary N) is 1. The molecule has 1 aliphatic rings. The fourth-order valence-electron chi connectivity index (χ4n) is 2.80. The Labute approximate surface area is 131 Å². The number of carbonyl (C=O) groups excluding carboxylic acids is 1. The summed E-state index contributed by atoms with van der Waals surface area (Å²) in [4.78, 5) is 11.8. The van der Waals surface area contributed by atoms with Gasteiger partial charge in [-0.25, -0.2) is 8.42 Å². The first-order chi connectivity index (χ1) is 10.4. The third kappa shape index (κ3) is 4.81. The lowest BCUT2D eigenvalue weighted by atomic mass is 10.0. The summed E-state index contributed by atoms with van der Waals surface area (Å²) >= 11 is 0. The average molecular weight is 329 g/mol. The number of aromatic nitrogens is 1. The molecule has 124 valence electrons. The average Bonchev–Trinajstić information content (AvgIpc) is 2.83. The molecule has 2 rings (SSSR count). The van der Waals surface area contributed by atoms with E-state index in [1.54, 1.807) is 17.3 Å². The molecule has 0 bridgehead atoms. The van der Waals surface area contributed by atoms with Crippen molar-refractivity contribution in [1.82, 2.24) is 14.8 Å². The van der Waals surface area contributed by atoms with Gasteiger partial charge >= 0.3 is 0 Å². The highest BCUT2D eigenvalue weighted by Crippen LogP contribution is 2.21. The normalized spacial score (nSPS) is 20.0. The second-order valence-corrected chi connectivity index (χ2v) is 7.71. The number of hydrogen-bond acceptors (Lipinski definition) is 5. The lowest BCUT2D eigenvalue weighted by Crippen LogP contribution is -2.44. The van der Waals surface area contributed by atoms with Gasteiger partial charge in [-0.3, -0.25) is 4.79 Å². The van der Waals surface area contributed by atoms with Crippen molar-refractivity contribution in [3.05, 3.63) is 17.5 Å². The minimum absolute atomic E-state index is 0.0171. The van der Waals surface area contributed by atoms with Crippen molar-refractivity contribution in [3.8, 4) is 0 Å². The van der Waals surface area contributed by atoms with Crippen molar-refractivity contribution in [2.45, 2.75) is 45.1 Å². The van der Waals surface area contributed by atoms with Crippen molar-refractivity contribution in [3.63, 3.8) is 0 Å². The third-order valence-corrected chi connectivity index (χ3v) is 5.14. The highest BCUT2D eigenvalue weighted by atomic mass is 32.2. The maximum atomic E-state index is 11.8. The Balaban J connectivity index is 1.78. The first-order valence-electron chi connectivity index (χ1n) is 7.52. The van der Waals surface area contributed by atoms with E-state index in [1.165, 1.54) is 6.26 Å². The highest BCUT2D eigenvalue weighted by molar-refractivity contribution is 7.88. The summed E-state index contributed by atoms with van der Waals surface area (Å²) in [5.41, 5.74) is 0.744. The van der Waals surface area contributed by atoms with E-state index in [0.717, 1.165) is 25.0 Å². The molecule has 0 saturated carbocycles. The Bertz CT molecular complexity index is 611. The molecule has 1 atom stereocenters. The second kappa shape index (κ2) is 7.23. The van der Waals surface area contributed by atoms with Crippen LogP contribution < -0.4 is 5.32 Å². The number of amides is 1. The van der Waals surface area contributed by atoms with Crippen LogP contribution in [0.15, 0.2) is 10.6 Å². The number of rotatable bonds is 6. The quantitative estimate of drug-likeness (QED) is 0.835. The maximum absolute atomic E-state index is 11.8. The minimum atomic E-state index is -3.17. The predicted molar refractivity (Wildman–Crippen MR) is 81.8 cm³/mol. The van der Waals surface area contributed by atoms with Crippen molar-refractivity contribution in [2.75, 3.05) is 19.3 Å². The summed E-state index contributed by atoms with van der Waals surface area (Å²) in [6, 6.07) is 1.71. The van der Waals surface area contributed by atoms with Crippen molar-refractivity contribution in [1.29, 1.82) is 0 Å². The summed E-state index contributed by atoms with van der Waals surface area (Å²) in [6.07, 6.45) is 4.82. The van der Waals surface area contributed by atoms with Gasteiger partial charge in [-0.05, 0) is 26.2 Å². The first kappa shape index (κ1) is 17.0. The van der Waals surface area contributed by atoms with Gasteiger partial charge in [0.25, 0.3) is 0 Å². The zero-order chi connectivity index (χ0) is 16.2. The van der Waals surface area contributed by atoms with Gasteiger partial charge < -0.3 is 9.84 Å². The number of carbonyl (C=O) groups is 1. The Morgan fingerprint density at radius 2 is 2.27 bits per heavy atom. The summed E-state index contributed by atoms with van der Waals surface area (Å²) in [5, 5.41) is 6.54. The van der Waals surface area contributed by atoms with E-state index in [2.05, 4.69) is 10.5 Å².